The van der Waals surface area contributed by atoms with Gasteiger partial charge in [0, 0.05) is 36.5 Å². The second-order valence-corrected chi connectivity index (χ2v) is 7.68. The van der Waals surface area contributed by atoms with Crippen LogP contribution in [0.1, 0.15) is 25.7 Å². The second-order valence-electron chi connectivity index (χ2n) is 7.68. The highest BCUT2D eigenvalue weighted by atomic mass is 19.1. The fourth-order valence-corrected chi connectivity index (χ4v) is 3.90. The van der Waals surface area contributed by atoms with E-state index in [-0.39, 0.29) is 5.82 Å². The lowest BCUT2D eigenvalue weighted by Crippen LogP contribution is -2.16. The lowest BCUT2D eigenvalue weighted by atomic mass is 10.1. The lowest BCUT2D eigenvalue weighted by molar-refractivity contribution is 0.183. The Bertz CT molecular complexity index is 1200. The Labute approximate surface area is 178 Å². The van der Waals surface area contributed by atoms with Gasteiger partial charge in [-0.05, 0) is 25.0 Å². The van der Waals surface area contributed by atoms with Crippen LogP contribution in [0.4, 0.5) is 10.3 Å². The quantitative estimate of drug-likeness (QED) is 0.489. The molecule has 0 unspecified atom stereocenters. The third kappa shape index (κ3) is 3.98. The first kappa shape index (κ1) is 19.6. The zero-order valence-electron chi connectivity index (χ0n) is 17.2. The maximum absolute atomic E-state index is 15.0. The van der Waals surface area contributed by atoms with E-state index in [1.807, 2.05) is 0 Å². The number of nitrogens with one attached hydrogen (secondary N) is 1. The van der Waals surface area contributed by atoms with Crippen molar-refractivity contribution in [2.45, 2.75) is 38.3 Å². The standard InChI is InChI=1S/C21H23FN8O/c1-31-9-8-29-13-14(11-24-29)17-7-6-16(10-18(17)22)30-20-19(27-28-30)12-23-21(26-20)25-15-4-2-3-5-15/h6-7,10-13,15H,2-5,8-9H2,1H3,(H,23,25,26). The van der Waals surface area contributed by atoms with E-state index < -0.39 is 0 Å². The molecule has 1 aliphatic rings. The number of anilines is 1. The minimum absolute atomic E-state index is 0.370. The monoisotopic (exact) mass is 422 g/mol. The number of methoxy groups -OCH3 is 1. The lowest BCUT2D eigenvalue weighted by Gasteiger charge is -2.11. The topological polar surface area (TPSA) is 95.6 Å². The Hall–Kier alpha value is -3.40. The zero-order valence-corrected chi connectivity index (χ0v) is 17.2. The summed E-state index contributed by atoms with van der Waals surface area (Å²) in [6.45, 7) is 1.15. The van der Waals surface area contributed by atoms with E-state index in [2.05, 4.69) is 30.7 Å². The van der Waals surface area contributed by atoms with Gasteiger partial charge in [0.25, 0.3) is 0 Å². The number of rotatable bonds is 7. The number of ether oxygens (including phenoxy) is 1. The molecule has 0 atom stereocenters. The molecule has 1 aliphatic carbocycles. The smallest absolute Gasteiger partial charge is 0.225 e. The van der Waals surface area contributed by atoms with E-state index in [4.69, 9.17) is 4.74 Å². The van der Waals surface area contributed by atoms with E-state index in [9.17, 15) is 4.39 Å². The van der Waals surface area contributed by atoms with Crippen molar-refractivity contribution in [3.8, 4) is 16.8 Å². The molecule has 0 amide bonds. The Kier molecular flexibility index (Phi) is 5.29. The molecule has 0 saturated heterocycles. The molecule has 0 radical (unpaired) electrons. The van der Waals surface area contributed by atoms with E-state index in [1.165, 1.54) is 23.6 Å². The van der Waals surface area contributed by atoms with Gasteiger partial charge in [-0.2, -0.15) is 14.8 Å². The van der Waals surface area contributed by atoms with Crippen LogP contribution >= 0.6 is 0 Å². The summed E-state index contributed by atoms with van der Waals surface area (Å²) in [6, 6.07) is 5.34. The molecule has 31 heavy (non-hydrogen) atoms. The molecule has 0 aliphatic heterocycles. The summed E-state index contributed by atoms with van der Waals surface area (Å²) in [4.78, 5) is 8.93. The molecule has 3 aromatic heterocycles. The van der Waals surface area contributed by atoms with Crippen LogP contribution < -0.4 is 5.32 Å². The Balaban J connectivity index is 1.43. The SMILES string of the molecule is COCCn1cc(-c2ccc(-n3nnc4cnc(NC5CCCC5)nc43)cc2F)cn1. The second kappa shape index (κ2) is 8.38. The number of aromatic nitrogens is 7. The first-order chi connectivity index (χ1) is 15.2. The normalized spacial score (nSPS) is 14.5. The van der Waals surface area contributed by atoms with Crippen LogP contribution in [0.3, 0.4) is 0 Å². The van der Waals surface area contributed by atoms with Crippen molar-refractivity contribution in [2.24, 2.45) is 0 Å². The highest BCUT2D eigenvalue weighted by Crippen LogP contribution is 2.26. The molecule has 5 rings (SSSR count). The van der Waals surface area contributed by atoms with Gasteiger partial charge in [0.05, 0.1) is 31.2 Å². The van der Waals surface area contributed by atoms with Crippen molar-refractivity contribution >= 4 is 17.1 Å². The van der Waals surface area contributed by atoms with Crippen LogP contribution in [0.5, 0.6) is 0 Å². The summed E-state index contributed by atoms with van der Waals surface area (Å²) in [5.41, 5.74) is 2.81. The van der Waals surface area contributed by atoms with E-state index >= 15 is 0 Å². The van der Waals surface area contributed by atoms with Gasteiger partial charge in [0.15, 0.2) is 11.2 Å². The molecule has 10 heteroatoms. The predicted octanol–water partition coefficient (Wildman–Crippen LogP) is 3.21. The molecule has 4 aromatic rings. The highest BCUT2D eigenvalue weighted by Gasteiger charge is 2.18. The molecule has 3 heterocycles. The maximum atomic E-state index is 15.0. The summed E-state index contributed by atoms with van der Waals surface area (Å²) >= 11 is 0. The van der Waals surface area contributed by atoms with E-state index in [0.717, 1.165) is 12.8 Å². The van der Waals surface area contributed by atoms with Crippen LogP contribution in [-0.2, 0) is 11.3 Å². The average molecular weight is 422 g/mol. The molecule has 1 aromatic carbocycles. The summed E-state index contributed by atoms with van der Waals surface area (Å²) in [5, 5.41) is 15.9. The van der Waals surface area contributed by atoms with E-state index in [1.54, 1.807) is 42.5 Å². The van der Waals surface area contributed by atoms with Gasteiger partial charge < -0.3 is 10.1 Å². The van der Waals surface area contributed by atoms with Gasteiger partial charge >= 0.3 is 0 Å². The van der Waals surface area contributed by atoms with Crippen LogP contribution in [0.15, 0.2) is 36.8 Å². The molecule has 1 saturated carbocycles. The molecule has 160 valence electrons. The van der Waals surface area contributed by atoms with Crippen LogP contribution in [0, 0.1) is 5.82 Å². The molecule has 0 spiro atoms. The minimum atomic E-state index is -0.370. The Morgan fingerprint density at radius 2 is 2.10 bits per heavy atom. The summed E-state index contributed by atoms with van der Waals surface area (Å²) in [6.07, 6.45) is 9.76. The first-order valence-corrected chi connectivity index (χ1v) is 10.4. The van der Waals surface area contributed by atoms with Crippen molar-refractivity contribution in [1.29, 1.82) is 0 Å². The van der Waals surface area contributed by atoms with Gasteiger partial charge in [0.1, 0.15) is 5.82 Å². The van der Waals surface area contributed by atoms with Gasteiger partial charge in [0.2, 0.25) is 5.95 Å². The Morgan fingerprint density at radius 3 is 2.90 bits per heavy atom. The summed E-state index contributed by atoms with van der Waals surface area (Å²) in [5.74, 6) is 0.175. The Morgan fingerprint density at radius 1 is 1.23 bits per heavy atom. The van der Waals surface area contributed by atoms with Crippen molar-refractivity contribution in [3.05, 3.63) is 42.6 Å². The number of hydrogen-bond acceptors (Lipinski definition) is 7. The third-order valence-corrected chi connectivity index (χ3v) is 5.55. The number of fused-ring (bicyclic) bond motifs is 1. The van der Waals surface area contributed by atoms with Crippen molar-refractivity contribution in [2.75, 3.05) is 19.0 Å². The number of halogens is 1. The molecular weight excluding hydrogens is 399 g/mol. The van der Waals surface area contributed by atoms with E-state index in [0.29, 0.717) is 53.1 Å². The highest BCUT2D eigenvalue weighted by molar-refractivity contribution is 5.72. The molecular formula is C21H23FN8O. The zero-order chi connectivity index (χ0) is 21.2. The largest absolute Gasteiger partial charge is 0.383 e. The van der Waals surface area contributed by atoms with Gasteiger partial charge in [-0.1, -0.05) is 18.1 Å². The van der Waals surface area contributed by atoms with Crippen LogP contribution in [0.25, 0.3) is 28.0 Å². The van der Waals surface area contributed by atoms with Crippen LogP contribution in [0.2, 0.25) is 0 Å². The van der Waals surface area contributed by atoms with Gasteiger partial charge in [-0.3, -0.25) is 4.68 Å². The summed E-state index contributed by atoms with van der Waals surface area (Å²) in [7, 11) is 1.63. The third-order valence-electron chi connectivity index (χ3n) is 5.55. The minimum Gasteiger partial charge on any atom is -0.383 e. The molecule has 0 bridgehead atoms. The average Bonchev–Trinajstić information content (AvgIpc) is 3.53. The predicted molar refractivity (Wildman–Crippen MR) is 113 cm³/mol. The first-order valence-electron chi connectivity index (χ1n) is 10.4. The van der Waals surface area contributed by atoms with Crippen molar-refractivity contribution < 1.29 is 9.13 Å². The van der Waals surface area contributed by atoms with Crippen molar-refractivity contribution in [1.82, 2.24) is 34.7 Å². The van der Waals surface area contributed by atoms with Crippen LogP contribution in [-0.4, -0.2) is 54.5 Å². The molecule has 9 nitrogen and oxygen atoms in total. The molecule has 1 N–H and O–H groups in total. The fourth-order valence-electron chi connectivity index (χ4n) is 3.90. The number of benzene rings is 1. The number of nitrogens with zero attached hydrogens (tertiary/aromatic N) is 7. The van der Waals surface area contributed by atoms with Crippen molar-refractivity contribution in [3.63, 3.8) is 0 Å². The summed E-state index contributed by atoms with van der Waals surface area (Å²) < 4.78 is 23.3. The maximum Gasteiger partial charge on any atom is 0.225 e. The fraction of sp³-hybridized carbons (Fsp3) is 0.381. The van der Waals surface area contributed by atoms with Gasteiger partial charge in [-0.25, -0.2) is 9.37 Å². The molecule has 1 fully saturated rings. The number of hydrogen-bond donors (Lipinski definition) is 1. The van der Waals surface area contributed by atoms with Gasteiger partial charge in [-0.15, -0.1) is 5.10 Å².